The van der Waals surface area contributed by atoms with Gasteiger partial charge in [-0.2, -0.15) is 11.3 Å². The average molecular weight is 320 g/mol. The van der Waals surface area contributed by atoms with E-state index in [1.807, 2.05) is 24.4 Å². The molecule has 0 aromatic carbocycles. The molecule has 2 N–H and O–H groups in total. The lowest BCUT2D eigenvalue weighted by atomic mass is 10.1. The third-order valence-electron chi connectivity index (χ3n) is 3.23. The van der Waals surface area contributed by atoms with E-state index in [4.69, 9.17) is 4.42 Å². The molecule has 0 spiro atoms. The highest BCUT2D eigenvalue weighted by atomic mass is 32.1. The Balaban J connectivity index is 1.60. The van der Waals surface area contributed by atoms with Crippen LogP contribution in [0.2, 0.25) is 0 Å². The van der Waals surface area contributed by atoms with Crippen LogP contribution in [0.4, 0.5) is 0 Å². The number of aryl methyl sites for hydroxylation is 1. The van der Waals surface area contributed by atoms with Gasteiger partial charge in [0.1, 0.15) is 5.76 Å². The molecule has 2 aromatic rings. The first-order valence-electron chi connectivity index (χ1n) is 7.27. The minimum atomic E-state index is -0.139. The highest BCUT2D eigenvalue weighted by Gasteiger charge is 2.10. The van der Waals surface area contributed by atoms with Gasteiger partial charge in [0.25, 0.3) is 5.91 Å². The molecular weight excluding hydrogens is 300 g/mol. The van der Waals surface area contributed by atoms with Crippen molar-refractivity contribution in [1.29, 1.82) is 0 Å². The molecular formula is C16H20N2O3S. The van der Waals surface area contributed by atoms with E-state index in [0.29, 0.717) is 12.1 Å². The van der Waals surface area contributed by atoms with Gasteiger partial charge in [-0.3, -0.25) is 9.59 Å². The van der Waals surface area contributed by atoms with Crippen molar-refractivity contribution < 1.29 is 14.0 Å². The van der Waals surface area contributed by atoms with Crippen LogP contribution < -0.4 is 10.6 Å². The number of furan rings is 1. The number of carbonyl (C=O) groups excluding carboxylic acids is 2. The second-order valence-corrected chi connectivity index (χ2v) is 5.88. The number of thiophene rings is 1. The van der Waals surface area contributed by atoms with Gasteiger partial charge in [-0.05, 0) is 36.9 Å². The van der Waals surface area contributed by atoms with Crippen molar-refractivity contribution in [1.82, 2.24) is 10.6 Å². The number of rotatable bonds is 8. The zero-order chi connectivity index (χ0) is 15.8. The topological polar surface area (TPSA) is 71.3 Å². The van der Waals surface area contributed by atoms with Crippen molar-refractivity contribution in [2.24, 2.45) is 0 Å². The van der Waals surface area contributed by atoms with Crippen LogP contribution in [-0.2, 0) is 11.2 Å². The monoisotopic (exact) mass is 320 g/mol. The summed E-state index contributed by atoms with van der Waals surface area (Å²) in [4.78, 5) is 23.5. The molecule has 118 valence electrons. The first-order valence-corrected chi connectivity index (χ1v) is 8.21. The summed E-state index contributed by atoms with van der Waals surface area (Å²) >= 11 is 1.47. The maximum atomic E-state index is 11.8. The molecule has 0 aliphatic carbocycles. The maximum absolute atomic E-state index is 11.8. The van der Waals surface area contributed by atoms with Gasteiger partial charge < -0.3 is 15.1 Å². The van der Waals surface area contributed by atoms with E-state index in [1.165, 1.54) is 11.3 Å². The lowest BCUT2D eigenvalue weighted by Gasteiger charge is -2.13. The van der Waals surface area contributed by atoms with Gasteiger partial charge in [0.15, 0.2) is 0 Å². The molecule has 2 rings (SSSR count). The Labute approximate surface area is 133 Å². The van der Waals surface area contributed by atoms with Crippen LogP contribution in [0, 0.1) is 0 Å². The van der Waals surface area contributed by atoms with Gasteiger partial charge in [0, 0.05) is 36.4 Å². The Morgan fingerprint density at radius 3 is 2.91 bits per heavy atom. The Bertz CT molecular complexity index is 579. The van der Waals surface area contributed by atoms with Gasteiger partial charge in [0.2, 0.25) is 5.91 Å². The number of nitrogens with one attached hydrogen (secondary N) is 2. The predicted molar refractivity (Wildman–Crippen MR) is 85.9 cm³/mol. The van der Waals surface area contributed by atoms with Gasteiger partial charge in [-0.15, -0.1) is 0 Å². The van der Waals surface area contributed by atoms with Crippen LogP contribution in [0.1, 0.15) is 35.9 Å². The minimum absolute atomic E-state index is 0.0578. The molecule has 1 atom stereocenters. The predicted octanol–water partition coefficient (Wildman–Crippen LogP) is 2.60. The average Bonchev–Trinajstić information content (AvgIpc) is 3.18. The molecule has 0 fully saturated rings. The zero-order valence-corrected chi connectivity index (χ0v) is 13.3. The summed E-state index contributed by atoms with van der Waals surface area (Å²) in [6.07, 6.45) is 3.54. The Morgan fingerprint density at radius 2 is 2.23 bits per heavy atom. The Morgan fingerprint density at radius 1 is 1.36 bits per heavy atom. The van der Waals surface area contributed by atoms with Crippen molar-refractivity contribution in [3.63, 3.8) is 0 Å². The molecule has 1 unspecified atom stereocenters. The zero-order valence-electron chi connectivity index (χ0n) is 12.5. The van der Waals surface area contributed by atoms with Crippen LogP contribution in [0.3, 0.4) is 0 Å². The third kappa shape index (κ3) is 5.37. The van der Waals surface area contributed by atoms with Crippen LogP contribution in [-0.4, -0.2) is 24.4 Å². The molecule has 0 radical (unpaired) electrons. The van der Waals surface area contributed by atoms with Crippen molar-refractivity contribution in [2.75, 3.05) is 6.54 Å². The van der Waals surface area contributed by atoms with Crippen molar-refractivity contribution in [3.8, 4) is 0 Å². The summed E-state index contributed by atoms with van der Waals surface area (Å²) in [6, 6.07) is 5.62. The smallest absolute Gasteiger partial charge is 0.252 e. The molecule has 5 nitrogen and oxygen atoms in total. The van der Waals surface area contributed by atoms with Crippen LogP contribution in [0.25, 0.3) is 0 Å². The SMILES string of the molecule is CC(CCc1ccco1)NC(=O)CCNC(=O)c1ccsc1. The van der Waals surface area contributed by atoms with E-state index in [1.54, 1.807) is 17.7 Å². The van der Waals surface area contributed by atoms with Gasteiger partial charge in [0.05, 0.1) is 6.26 Å². The molecule has 22 heavy (non-hydrogen) atoms. The molecule has 0 bridgehead atoms. The number of hydrogen-bond donors (Lipinski definition) is 2. The minimum Gasteiger partial charge on any atom is -0.469 e. The first-order chi connectivity index (χ1) is 10.6. The quantitative estimate of drug-likeness (QED) is 0.785. The maximum Gasteiger partial charge on any atom is 0.252 e. The summed E-state index contributed by atoms with van der Waals surface area (Å²) in [7, 11) is 0. The normalized spacial score (nSPS) is 11.9. The lowest BCUT2D eigenvalue weighted by Crippen LogP contribution is -2.35. The van der Waals surface area contributed by atoms with Crippen molar-refractivity contribution >= 4 is 23.2 Å². The fourth-order valence-corrected chi connectivity index (χ4v) is 2.65. The molecule has 2 amide bonds. The summed E-state index contributed by atoms with van der Waals surface area (Å²) in [5.41, 5.74) is 0.636. The highest BCUT2D eigenvalue weighted by molar-refractivity contribution is 7.08. The van der Waals surface area contributed by atoms with Crippen LogP contribution in [0.15, 0.2) is 39.6 Å². The second-order valence-electron chi connectivity index (χ2n) is 5.10. The largest absolute Gasteiger partial charge is 0.469 e. The van der Waals surface area contributed by atoms with E-state index >= 15 is 0 Å². The molecule has 0 saturated heterocycles. The van der Waals surface area contributed by atoms with E-state index < -0.39 is 0 Å². The standard InChI is InChI=1S/C16H20N2O3S/c1-12(4-5-14-3-2-9-21-14)18-15(19)6-8-17-16(20)13-7-10-22-11-13/h2-3,7,9-12H,4-6,8H2,1H3,(H,17,20)(H,18,19). The number of amides is 2. The lowest BCUT2D eigenvalue weighted by molar-refractivity contribution is -0.121. The Hall–Kier alpha value is -2.08. The fourth-order valence-electron chi connectivity index (χ4n) is 2.02. The summed E-state index contributed by atoms with van der Waals surface area (Å²) in [5.74, 6) is 0.724. The Kier molecular flexibility index (Phi) is 6.21. The van der Waals surface area contributed by atoms with Gasteiger partial charge in [-0.25, -0.2) is 0 Å². The molecule has 0 saturated carbocycles. The van der Waals surface area contributed by atoms with E-state index in [-0.39, 0.29) is 24.3 Å². The number of carbonyl (C=O) groups is 2. The molecule has 2 heterocycles. The number of hydrogen-bond acceptors (Lipinski definition) is 4. The van der Waals surface area contributed by atoms with E-state index in [2.05, 4.69) is 10.6 Å². The van der Waals surface area contributed by atoms with Crippen molar-refractivity contribution in [3.05, 3.63) is 46.5 Å². The van der Waals surface area contributed by atoms with Crippen molar-refractivity contribution in [2.45, 2.75) is 32.2 Å². The van der Waals surface area contributed by atoms with Crippen LogP contribution in [0.5, 0.6) is 0 Å². The summed E-state index contributed by atoms with van der Waals surface area (Å²) in [5, 5.41) is 9.29. The summed E-state index contributed by atoms with van der Waals surface area (Å²) in [6.45, 7) is 2.30. The molecule has 6 heteroatoms. The second kappa shape index (κ2) is 8.38. The highest BCUT2D eigenvalue weighted by Crippen LogP contribution is 2.06. The fraction of sp³-hybridized carbons (Fsp3) is 0.375. The molecule has 0 aliphatic heterocycles. The van der Waals surface area contributed by atoms with Gasteiger partial charge in [-0.1, -0.05) is 0 Å². The molecule has 2 aromatic heterocycles. The van der Waals surface area contributed by atoms with Crippen LogP contribution >= 0.6 is 11.3 Å². The van der Waals surface area contributed by atoms with E-state index in [9.17, 15) is 9.59 Å². The van der Waals surface area contributed by atoms with Gasteiger partial charge >= 0.3 is 0 Å². The van der Waals surface area contributed by atoms with E-state index in [0.717, 1.165) is 18.6 Å². The molecule has 0 aliphatic rings. The summed E-state index contributed by atoms with van der Waals surface area (Å²) < 4.78 is 5.26. The first kappa shape index (κ1) is 16.3. The third-order valence-corrected chi connectivity index (χ3v) is 3.92.